The van der Waals surface area contributed by atoms with E-state index in [1.807, 2.05) is 18.2 Å². The van der Waals surface area contributed by atoms with Crippen molar-refractivity contribution in [3.8, 4) is 0 Å². The van der Waals surface area contributed by atoms with Crippen molar-refractivity contribution in [2.75, 3.05) is 13.2 Å². The molecular weight excluding hydrogens is 198 g/mol. The molecule has 0 amide bonds. The minimum Gasteiger partial charge on any atom is -0.395 e. The Morgan fingerprint density at radius 1 is 1.12 bits per heavy atom. The standard InChI is InChI=1S/C14H23NO/c1-11(2)9-15-14(10-16)12(3)13-7-5-4-6-8-13/h4-8,11-12,14-16H,9-10H2,1-3H3. The van der Waals surface area contributed by atoms with Crippen molar-refractivity contribution in [3.63, 3.8) is 0 Å². The van der Waals surface area contributed by atoms with Crippen LogP contribution in [0.1, 0.15) is 32.3 Å². The van der Waals surface area contributed by atoms with E-state index in [9.17, 15) is 5.11 Å². The normalized spacial score (nSPS) is 15.1. The summed E-state index contributed by atoms with van der Waals surface area (Å²) in [4.78, 5) is 0. The quantitative estimate of drug-likeness (QED) is 0.773. The molecule has 0 radical (unpaired) electrons. The van der Waals surface area contributed by atoms with Crippen LogP contribution in [-0.2, 0) is 0 Å². The molecule has 2 atom stereocenters. The lowest BCUT2D eigenvalue weighted by Gasteiger charge is -2.24. The van der Waals surface area contributed by atoms with Crippen LogP contribution in [0.2, 0.25) is 0 Å². The molecule has 90 valence electrons. The zero-order valence-corrected chi connectivity index (χ0v) is 10.5. The van der Waals surface area contributed by atoms with E-state index in [-0.39, 0.29) is 12.6 Å². The second kappa shape index (κ2) is 6.66. The molecule has 0 aliphatic carbocycles. The minimum absolute atomic E-state index is 0.143. The fourth-order valence-electron chi connectivity index (χ4n) is 1.78. The van der Waals surface area contributed by atoms with E-state index < -0.39 is 0 Å². The molecule has 0 aliphatic heterocycles. The number of aliphatic hydroxyl groups is 1. The molecule has 2 nitrogen and oxygen atoms in total. The second-order valence-electron chi connectivity index (χ2n) is 4.79. The zero-order valence-electron chi connectivity index (χ0n) is 10.5. The Morgan fingerprint density at radius 2 is 1.75 bits per heavy atom. The first-order valence-corrected chi connectivity index (χ1v) is 6.04. The van der Waals surface area contributed by atoms with E-state index >= 15 is 0 Å². The summed E-state index contributed by atoms with van der Waals surface area (Å²) in [5, 5.41) is 12.8. The number of nitrogens with one attached hydrogen (secondary N) is 1. The van der Waals surface area contributed by atoms with E-state index in [2.05, 4.69) is 38.2 Å². The van der Waals surface area contributed by atoms with Gasteiger partial charge in [0.25, 0.3) is 0 Å². The van der Waals surface area contributed by atoms with Gasteiger partial charge in [-0.25, -0.2) is 0 Å². The van der Waals surface area contributed by atoms with Gasteiger partial charge in [-0.1, -0.05) is 51.1 Å². The number of rotatable bonds is 6. The van der Waals surface area contributed by atoms with Crippen molar-refractivity contribution < 1.29 is 5.11 Å². The molecule has 0 bridgehead atoms. The lowest BCUT2D eigenvalue weighted by molar-refractivity contribution is 0.223. The molecule has 0 spiro atoms. The van der Waals surface area contributed by atoms with Crippen LogP contribution >= 0.6 is 0 Å². The van der Waals surface area contributed by atoms with Gasteiger partial charge >= 0.3 is 0 Å². The topological polar surface area (TPSA) is 32.3 Å². The summed E-state index contributed by atoms with van der Waals surface area (Å²) in [5.41, 5.74) is 1.28. The maximum Gasteiger partial charge on any atom is 0.0590 e. The number of hydrogen-bond donors (Lipinski definition) is 2. The van der Waals surface area contributed by atoms with Gasteiger partial charge in [0, 0.05) is 6.04 Å². The summed E-state index contributed by atoms with van der Waals surface area (Å²) >= 11 is 0. The molecule has 1 aromatic carbocycles. The van der Waals surface area contributed by atoms with E-state index in [4.69, 9.17) is 0 Å². The summed E-state index contributed by atoms with van der Waals surface area (Å²) in [5.74, 6) is 0.946. The molecule has 0 aliphatic rings. The zero-order chi connectivity index (χ0) is 12.0. The highest BCUT2D eigenvalue weighted by Gasteiger charge is 2.17. The van der Waals surface area contributed by atoms with Crippen LogP contribution in [0.15, 0.2) is 30.3 Å². The van der Waals surface area contributed by atoms with E-state index in [0.29, 0.717) is 11.8 Å². The Hall–Kier alpha value is -0.860. The third-order valence-corrected chi connectivity index (χ3v) is 2.91. The Bertz CT molecular complexity index is 284. The van der Waals surface area contributed by atoms with Gasteiger partial charge in [-0.05, 0) is 23.9 Å². The van der Waals surface area contributed by atoms with Crippen molar-refractivity contribution in [1.82, 2.24) is 5.32 Å². The lowest BCUT2D eigenvalue weighted by atomic mass is 9.93. The smallest absolute Gasteiger partial charge is 0.0590 e. The number of benzene rings is 1. The van der Waals surface area contributed by atoms with Crippen LogP contribution in [0.3, 0.4) is 0 Å². The van der Waals surface area contributed by atoms with Crippen LogP contribution < -0.4 is 5.32 Å². The number of aliphatic hydroxyl groups excluding tert-OH is 1. The Labute approximate surface area is 98.7 Å². The maximum absolute atomic E-state index is 9.41. The fourth-order valence-corrected chi connectivity index (χ4v) is 1.78. The summed E-state index contributed by atoms with van der Waals surface area (Å²) in [6, 6.07) is 10.5. The molecule has 2 heteroatoms. The van der Waals surface area contributed by atoms with E-state index in [1.165, 1.54) is 5.56 Å². The van der Waals surface area contributed by atoms with Gasteiger partial charge in [-0.2, -0.15) is 0 Å². The molecule has 0 saturated carbocycles. The highest BCUT2D eigenvalue weighted by atomic mass is 16.3. The first-order chi connectivity index (χ1) is 7.65. The van der Waals surface area contributed by atoms with Gasteiger partial charge in [0.15, 0.2) is 0 Å². The molecular formula is C14H23NO. The van der Waals surface area contributed by atoms with E-state index in [0.717, 1.165) is 6.54 Å². The molecule has 0 fully saturated rings. The lowest BCUT2D eigenvalue weighted by Crippen LogP contribution is -2.39. The van der Waals surface area contributed by atoms with Gasteiger partial charge in [-0.15, -0.1) is 0 Å². The molecule has 2 unspecified atom stereocenters. The highest BCUT2D eigenvalue weighted by Crippen LogP contribution is 2.18. The molecule has 0 heterocycles. The Balaban J connectivity index is 2.59. The Kier molecular flexibility index (Phi) is 5.50. The van der Waals surface area contributed by atoms with Gasteiger partial charge in [0.1, 0.15) is 0 Å². The minimum atomic E-state index is 0.143. The SMILES string of the molecule is CC(C)CNC(CO)C(C)c1ccccc1. The first kappa shape index (κ1) is 13.2. The third kappa shape index (κ3) is 3.95. The second-order valence-corrected chi connectivity index (χ2v) is 4.79. The van der Waals surface area contributed by atoms with Crippen molar-refractivity contribution in [2.45, 2.75) is 32.7 Å². The van der Waals surface area contributed by atoms with Gasteiger partial charge in [0.05, 0.1) is 6.61 Å². The van der Waals surface area contributed by atoms with E-state index in [1.54, 1.807) is 0 Å². The van der Waals surface area contributed by atoms with Gasteiger partial charge < -0.3 is 10.4 Å². The molecule has 0 saturated heterocycles. The van der Waals surface area contributed by atoms with Crippen molar-refractivity contribution in [3.05, 3.63) is 35.9 Å². The molecule has 1 rings (SSSR count). The van der Waals surface area contributed by atoms with Crippen molar-refractivity contribution in [2.24, 2.45) is 5.92 Å². The highest BCUT2D eigenvalue weighted by molar-refractivity contribution is 5.20. The average molecular weight is 221 g/mol. The van der Waals surface area contributed by atoms with Crippen LogP contribution in [-0.4, -0.2) is 24.3 Å². The van der Waals surface area contributed by atoms with Crippen molar-refractivity contribution >= 4 is 0 Å². The fraction of sp³-hybridized carbons (Fsp3) is 0.571. The Morgan fingerprint density at radius 3 is 2.25 bits per heavy atom. The van der Waals surface area contributed by atoms with Gasteiger partial charge in [-0.3, -0.25) is 0 Å². The largest absolute Gasteiger partial charge is 0.395 e. The van der Waals surface area contributed by atoms with Crippen molar-refractivity contribution in [1.29, 1.82) is 0 Å². The maximum atomic E-state index is 9.41. The molecule has 2 N–H and O–H groups in total. The molecule has 16 heavy (non-hydrogen) atoms. The van der Waals surface area contributed by atoms with Crippen LogP contribution in [0, 0.1) is 5.92 Å². The first-order valence-electron chi connectivity index (χ1n) is 6.04. The van der Waals surface area contributed by atoms with Crippen LogP contribution in [0.5, 0.6) is 0 Å². The summed E-state index contributed by atoms with van der Waals surface area (Å²) in [7, 11) is 0. The third-order valence-electron chi connectivity index (χ3n) is 2.91. The predicted octanol–water partition coefficient (Wildman–Crippen LogP) is 2.40. The molecule has 1 aromatic rings. The van der Waals surface area contributed by atoms with Crippen LogP contribution in [0.25, 0.3) is 0 Å². The summed E-state index contributed by atoms with van der Waals surface area (Å²) in [6.45, 7) is 7.64. The average Bonchev–Trinajstić information content (AvgIpc) is 2.30. The molecule has 0 aromatic heterocycles. The van der Waals surface area contributed by atoms with Gasteiger partial charge in [0.2, 0.25) is 0 Å². The summed E-state index contributed by atoms with van der Waals surface area (Å²) in [6.07, 6.45) is 0. The monoisotopic (exact) mass is 221 g/mol. The van der Waals surface area contributed by atoms with Crippen LogP contribution in [0.4, 0.5) is 0 Å². The summed E-state index contributed by atoms with van der Waals surface area (Å²) < 4.78 is 0. The predicted molar refractivity (Wildman–Crippen MR) is 68.6 cm³/mol. The number of hydrogen-bond acceptors (Lipinski definition) is 2.